The number of pyridine rings is 1. The molecule has 2 aromatic heterocycles. The van der Waals surface area contributed by atoms with Crippen LogP contribution in [0.5, 0.6) is 5.88 Å². The molecule has 4 rings (SSSR count). The first-order valence-corrected chi connectivity index (χ1v) is 9.85. The average molecular weight is 371 g/mol. The lowest BCUT2D eigenvalue weighted by molar-refractivity contribution is 0.0339. The molecule has 0 saturated carbocycles. The third kappa shape index (κ3) is 4.66. The van der Waals surface area contributed by atoms with Crippen LogP contribution in [0.3, 0.4) is 0 Å². The summed E-state index contributed by atoms with van der Waals surface area (Å²) in [6.45, 7) is 7.77. The fourth-order valence-corrected chi connectivity index (χ4v) is 4.12. The Morgan fingerprint density at radius 1 is 1.15 bits per heavy atom. The van der Waals surface area contributed by atoms with Gasteiger partial charge in [0.05, 0.1) is 26.5 Å². The normalized spacial score (nSPS) is 22.0. The number of hydrogen-bond donors (Lipinski definition) is 1. The second-order valence-electron chi connectivity index (χ2n) is 7.48. The molecule has 7 nitrogen and oxygen atoms in total. The van der Waals surface area contributed by atoms with Gasteiger partial charge >= 0.3 is 0 Å². The van der Waals surface area contributed by atoms with Gasteiger partial charge in [-0.3, -0.25) is 14.9 Å². The monoisotopic (exact) mass is 371 g/mol. The van der Waals surface area contributed by atoms with Crippen LogP contribution in [0.2, 0.25) is 0 Å². The van der Waals surface area contributed by atoms with Crippen LogP contribution in [0.1, 0.15) is 35.6 Å². The standard InChI is InChI=1S/C20H29N5O2/c1-26-19-5-4-16(11-21-19)13-25-6-2-3-17(14-25)20-18(12-22-23-20)15-24-7-9-27-10-8-24/h4-5,11-12,17H,2-3,6-10,13-15H2,1H3,(H,22,23)/t17-/m0/s1. The van der Waals surface area contributed by atoms with E-state index in [9.17, 15) is 0 Å². The van der Waals surface area contributed by atoms with Gasteiger partial charge in [0, 0.05) is 62.2 Å². The van der Waals surface area contributed by atoms with Gasteiger partial charge in [-0.05, 0) is 24.9 Å². The fourth-order valence-electron chi connectivity index (χ4n) is 4.12. The van der Waals surface area contributed by atoms with Crippen molar-refractivity contribution in [2.45, 2.75) is 31.8 Å². The minimum Gasteiger partial charge on any atom is -0.481 e. The molecule has 27 heavy (non-hydrogen) atoms. The third-order valence-corrected chi connectivity index (χ3v) is 5.58. The number of likely N-dealkylation sites (tertiary alicyclic amines) is 1. The lowest BCUT2D eigenvalue weighted by Crippen LogP contribution is -2.37. The molecule has 2 saturated heterocycles. The van der Waals surface area contributed by atoms with Crippen LogP contribution in [0.4, 0.5) is 0 Å². The number of aromatic amines is 1. The van der Waals surface area contributed by atoms with Crippen LogP contribution in [0, 0.1) is 0 Å². The molecule has 146 valence electrons. The Hall–Kier alpha value is -1.96. The number of methoxy groups -OCH3 is 1. The number of nitrogens with zero attached hydrogens (tertiary/aromatic N) is 4. The van der Waals surface area contributed by atoms with Crippen LogP contribution in [0.25, 0.3) is 0 Å². The summed E-state index contributed by atoms with van der Waals surface area (Å²) in [5.74, 6) is 1.18. The van der Waals surface area contributed by atoms with E-state index in [1.54, 1.807) is 7.11 Å². The highest BCUT2D eigenvalue weighted by molar-refractivity contribution is 5.22. The van der Waals surface area contributed by atoms with Crippen molar-refractivity contribution in [2.24, 2.45) is 0 Å². The minimum atomic E-state index is 0.517. The smallest absolute Gasteiger partial charge is 0.212 e. The second kappa shape index (κ2) is 8.82. The number of hydrogen-bond acceptors (Lipinski definition) is 6. The molecule has 0 radical (unpaired) electrons. The second-order valence-corrected chi connectivity index (χ2v) is 7.48. The van der Waals surface area contributed by atoms with Crippen LogP contribution >= 0.6 is 0 Å². The molecule has 0 spiro atoms. The first kappa shape index (κ1) is 18.4. The van der Waals surface area contributed by atoms with E-state index < -0.39 is 0 Å². The predicted octanol–water partition coefficient (Wildman–Crippen LogP) is 2.03. The molecular formula is C20H29N5O2. The van der Waals surface area contributed by atoms with Crippen molar-refractivity contribution >= 4 is 0 Å². The number of ether oxygens (including phenoxy) is 2. The predicted molar refractivity (Wildman–Crippen MR) is 103 cm³/mol. The van der Waals surface area contributed by atoms with E-state index in [4.69, 9.17) is 9.47 Å². The van der Waals surface area contributed by atoms with Crippen LogP contribution < -0.4 is 4.74 Å². The topological polar surface area (TPSA) is 66.5 Å². The molecule has 0 bridgehead atoms. The maximum absolute atomic E-state index is 5.47. The van der Waals surface area contributed by atoms with Gasteiger partial charge in [0.25, 0.3) is 0 Å². The molecule has 7 heteroatoms. The molecule has 4 heterocycles. The quantitative estimate of drug-likeness (QED) is 0.838. The molecule has 0 amide bonds. The number of rotatable bonds is 6. The highest BCUT2D eigenvalue weighted by Gasteiger charge is 2.25. The molecule has 0 unspecified atom stereocenters. The number of nitrogens with one attached hydrogen (secondary N) is 1. The van der Waals surface area contributed by atoms with Crippen molar-refractivity contribution in [1.29, 1.82) is 0 Å². The van der Waals surface area contributed by atoms with Gasteiger partial charge in [-0.1, -0.05) is 6.07 Å². The molecule has 2 aliphatic heterocycles. The highest BCUT2D eigenvalue weighted by Crippen LogP contribution is 2.29. The summed E-state index contributed by atoms with van der Waals surface area (Å²) in [4.78, 5) is 9.31. The van der Waals surface area contributed by atoms with Gasteiger partial charge in [0.2, 0.25) is 5.88 Å². The number of piperidine rings is 1. The van der Waals surface area contributed by atoms with Crippen molar-refractivity contribution in [3.05, 3.63) is 41.3 Å². The Morgan fingerprint density at radius 3 is 2.81 bits per heavy atom. The van der Waals surface area contributed by atoms with Crippen molar-refractivity contribution in [3.8, 4) is 5.88 Å². The minimum absolute atomic E-state index is 0.517. The Bertz CT molecular complexity index is 711. The first-order valence-electron chi connectivity index (χ1n) is 9.85. The summed E-state index contributed by atoms with van der Waals surface area (Å²) in [7, 11) is 1.65. The van der Waals surface area contributed by atoms with Crippen molar-refractivity contribution in [2.75, 3.05) is 46.5 Å². The Morgan fingerprint density at radius 2 is 2.04 bits per heavy atom. The Kier molecular flexibility index (Phi) is 6.01. The van der Waals surface area contributed by atoms with Crippen molar-refractivity contribution in [1.82, 2.24) is 25.0 Å². The molecular weight excluding hydrogens is 342 g/mol. The zero-order chi connectivity index (χ0) is 18.5. The maximum atomic E-state index is 5.47. The van der Waals surface area contributed by atoms with E-state index in [0.717, 1.165) is 52.5 Å². The summed E-state index contributed by atoms with van der Waals surface area (Å²) in [5.41, 5.74) is 3.89. The fraction of sp³-hybridized carbons (Fsp3) is 0.600. The van der Waals surface area contributed by atoms with E-state index >= 15 is 0 Å². The van der Waals surface area contributed by atoms with Gasteiger partial charge in [-0.15, -0.1) is 0 Å². The zero-order valence-electron chi connectivity index (χ0n) is 16.1. The summed E-state index contributed by atoms with van der Waals surface area (Å²) in [6.07, 6.45) is 6.36. The lowest BCUT2D eigenvalue weighted by atomic mass is 9.92. The van der Waals surface area contributed by atoms with E-state index in [0.29, 0.717) is 11.8 Å². The summed E-state index contributed by atoms with van der Waals surface area (Å²) in [6, 6.07) is 4.04. The molecule has 2 aliphatic rings. The van der Waals surface area contributed by atoms with Gasteiger partial charge < -0.3 is 9.47 Å². The van der Waals surface area contributed by atoms with Crippen LogP contribution in [0.15, 0.2) is 24.5 Å². The number of morpholine rings is 1. The van der Waals surface area contributed by atoms with E-state index in [1.165, 1.54) is 29.7 Å². The SMILES string of the molecule is COc1ccc(CN2CCC[C@H](c3[nH]ncc3CN3CCOCC3)C2)cn1. The summed E-state index contributed by atoms with van der Waals surface area (Å²) < 4.78 is 10.6. The van der Waals surface area contributed by atoms with Crippen LogP contribution in [-0.2, 0) is 17.8 Å². The van der Waals surface area contributed by atoms with Gasteiger partial charge in [-0.2, -0.15) is 5.10 Å². The zero-order valence-corrected chi connectivity index (χ0v) is 16.1. The van der Waals surface area contributed by atoms with Crippen LogP contribution in [-0.4, -0.2) is 71.5 Å². The molecule has 2 aromatic rings. The Labute approximate surface area is 160 Å². The van der Waals surface area contributed by atoms with Crippen molar-refractivity contribution < 1.29 is 9.47 Å². The van der Waals surface area contributed by atoms with Gasteiger partial charge in [0.1, 0.15) is 0 Å². The summed E-state index contributed by atoms with van der Waals surface area (Å²) >= 11 is 0. The third-order valence-electron chi connectivity index (χ3n) is 5.58. The maximum Gasteiger partial charge on any atom is 0.212 e. The molecule has 0 aromatic carbocycles. The van der Waals surface area contributed by atoms with E-state index in [1.807, 2.05) is 18.5 Å². The van der Waals surface area contributed by atoms with Crippen molar-refractivity contribution in [3.63, 3.8) is 0 Å². The molecule has 2 fully saturated rings. The summed E-state index contributed by atoms with van der Waals surface area (Å²) in [5, 5.41) is 7.67. The Balaban J connectivity index is 1.38. The largest absolute Gasteiger partial charge is 0.481 e. The van der Waals surface area contributed by atoms with Gasteiger partial charge in [0.15, 0.2) is 0 Å². The lowest BCUT2D eigenvalue weighted by Gasteiger charge is -2.33. The van der Waals surface area contributed by atoms with Gasteiger partial charge in [-0.25, -0.2) is 4.98 Å². The average Bonchev–Trinajstić information content (AvgIpc) is 3.18. The molecule has 0 aliphatic carbocycles. The number of H-pyrrole nitrogens is 1. The molecule has 1 N–H and O–H groups in total. The molecule has 1 atom stereocenters. The first-order chi connectivity index (χ1) is 13.3. The van der Waals surface area contributed by atoms with E-state index in [-0.39, 0.29) is 0 Å². The van der Waals surface area contributed by atoms with E-state index in [2.05, 4.69) is 31.0 Å². The number of aromatic nitrogens is 3. The highest BCUT2D eigenvalue weighted by atomic mass is 16.5.